The van der Waals surface area contributed by atoms with Gasteiger partial charge in [0.1, 0.15) is 12.2 Å². The molecule has 1 aromatic carbocycles. The number of halogens is 3. The molecule has 1 saturated heterocycles. The molecule has 0 spiro atoms. The second-order valence-electron chi connectivity index (χ2n) is 9.28. The van der Waals surface area contributed by atoms with Crippen molar-refractivity contribution in [2.75, 3.05) is 13.1 Å². The average Bonchev–Trinajstić information content (AvgIpc) is 3.46. The Morgan fingerprint density at radius 2 is 2.03 bits per heavy atom. The standard InChI is InChI=1S/C25H26F3N5O4S/c1-15-9-21(25(26,27)28)31-33(15)11-22(34)32-7-5-16(6-8-32)23-30-20(14-38-23)24-36-12-18-4-2-3-17(10-29-35)19(18)13-37-24/h2-4,9-10,14,16,24,35H,5-8,11-13H2,1H3. The summed E-state index contributed by atoms with van der Waals surface area (Å²) < 4.78 is 51.8. The van der Waals surface area contributed by atoms with Gasteiger partial charge in [0.05, 0.1) is 24.4 Å². The van der Waals surface area contributed by atoms with Crippen molar-refractivity contribution in [1.29, 1.82) is 0 Å². The smallest absolute Gasteiger partial charge is 0.411 e. The lowest BCUT2D eigenvalue weighted by molar-refractivity contribution is -0.155. The highest BCUT2D eigenvalue weighted by Gasteiger charge is 2.35. The molecule has 1 amide bonds. The number of aromatic nitrogens is 3. The molecule has 13 heteroatoms. The number of ether oxygens (including phenoxy) is 2. The van der Waals surface area contributed by atoms with Gasteiger partial charge in [-0.05, 0) is 37.0 Å². The van der Waals surface area contributed by atoms with Crippen LogP contribution in [0.1, 0.15) is 63.8 Å². The molecule has 3 aromatic rings. The van der Waals surface area contributed by atoms with Crippen molar-refractivity contribution in [3.63, 3.8) is 0 Å². The van der Waals surface area contributed by atoms with E-state index in [1.807, 2.05) is 23.6 Å². The minimum Gasteiger partial charge on any atom is -0.411 e. The van der Waals surface area contributed by atoms with Crippen molar-refractivity contribution in [3.05, 3.63) is 68.4 Å². The average molecular weight is 550 g/mol. The maximum Gasteiger partial charge on any atom is 0.435 e. The first-order valence-corrected chi connectivity index (χ1v) is 13.0. The van der Waals surface area contributed by atoms with E-state index in [1.165, 1.54) is 24.5 Å². The van der Waals surface area contributed by atoms with E-state index in [9.17, 15) is 18.0 Å². The van der Waals surface area contributed by atoms with E-state index in [-0.39, 0.29) is 25.0 Å². The van der Waals surface area contributed by atoms with E-state index < -0.39 is 18.2 Å². The zero-order valence-electron chi connectivity index (χ0n) is 20.5. The summed E-state index contributed by atoms with van der Waals surface area (Å²) in [6.45, 7) is 2.89. The van der Waals surface area contributed by atoms with Gasteiger partial charge in [-0.2, -0.15) is 18.3 Å². The SMILES string of the molecule is Cc1cc(C(F)(F)F)nn1CC(=O)N1CCC(c2nc(C3OCc4cccc(C=NO)c4CO3)cs2)CC1. The second kappa shape index (κ2) is 10.8. The summed E-state index contributed by atoms with van der Waals surface area (Å²) in [6.07, 6.45) is -2.40. The van der Waals surface area contributed by atoms with Gasteiger partial charge < -0.3 is 19.6 Å². The normalized spacial score (nSPS) is 19.1. The lowest BCUT2D eigenvalue weighted by Crippen LogP contribution is -2.40. The minimum absolute atomic E-state index is 0.163. The van der Waals surface area contributed by atoms with Gasteiger partial charge in [-0.1, -0.05) is 23.4 Å². The minimum atomic E-state index is -4.54. The Hall–Kier alpha value is -3.29. The van der Waals surface area contributed by atoms with E-state index in [4.69, 9.17) is 19.7 Å². The second-order valence-corrected chi connectivity index (χ2v) is 10.2. The highest BCUT2D eigenvalue weighted by molar-refractivity contribution is 7.09. The quantitative estimate of drug-likeness (QED) is 0.283. The number of oxime groups is 1. The van der Waals surface area contributed by atoms with Crippen LogP contribution in [0.25, 0.3) is 0 Å². The van der Waals surface area contributed by atoms with Gasteiger partial charge in [-0.15, -0.1) is 11.3 Å². The molecule has 1 fully saturated rings. The van der Waals surface area contributed by atoms with Crippen LogP contribution in [-0.4, -0.2) is 50.1 Å². The maximum absolute atomic E-state index is 12.9. The van der Waals surface area contributed by atoms with Crippen molar-refractivity contribution in [2.24, 2.45) is 5.16 Å². The van der Waals surface area contributed by atoms with Crippen molar-refractivity contribution in [3.8, 4) is 0 Å². The number of alkyl halides is 3. The van der Waals surface area contributed by atoms with Crippen molar-refractivity contribution < 1.29 is 32.6 Å². The number of hydrogen-bond donors (Lipinski definition) is 1. The van der Waals surface area contributed by atoms with Crippen LogP contribution in [0, 0.1) is 6.92 Å². The van der Waals surface area contributed by atoms with Gasteiger partial charge in [0.15, 0.2) is 5.69 Å². The molecule has 0 bridgehead atoms. The van der Waals surface area contributed by atoms with Crippen LogP contribution in [0.15, 0.2) is 34.8 Å². The summed E-state index contributed by atoms with van der Waals surface area (Å²) in [4.78, 5) is 19.2. The number of carbonyl (C=O) groups excluding carboxylic acids is 1. The lowest BCUT2D eigenvalue weighted by atomic mass is 9.97. The van der Waals surface area contributed by atoms with Crippen LogP contribution in [0.3, 0.4) is 0 Å². The molecule has 0 saturated carbocycles. The van der Waals surface area contributed by atoms with Crippen LogP contribution in [0.2, 0.25) is 0 Å². The topological polar surface area (TPSA) is 102 Å². The molecule has 2 aliphatic rings. The maximum atomic E-state index is 12.9. The Kier molecular flexibility index (Phi) is 7.50. The molecule has 2 aliphatic heterocycles. The Labute approximate surface area is 220 Å². The molecule has 38 heavy (non-hydrogen) atoms. The molecule has 0 aliphatic carbocycles. The van der Waals surface area contributed by atoms with Gasteiger partial charge in [-0.25, -0.2) is 4.98 Å². The molecule has 5 rings (SSSR count). The van der Waals surface area contributed by atoms with E-state index in [2.05, 4.69) is 10.3 Å². The molecule has 0 radical (unpaired) electrons. The third-order valence-corrected chi connectivity index (χ3v) is 7.84. The molecule has 9 nitrogen and oxygen atoms in total. The molecular weight excluding hydrogens is 523 g/mol. The van der Waals surface area contributed by atoms with Crippen LogP contribution < -0.4 is 0 Å². The van der Waals surface area contributed by atoms with E-state index in [0.717, 1.165) is 32.4 Å². The third kappa shape index (κ3) is 5.59. The summed E-state index contributed by atoms with van der Waals surface area (Å²) in [7, 11) is 0. The number of piperidine rings is 1. The predicted octanol–water partition coefficient (Wildman–Crippen LogP) is 4.63. The van der Waals surface area contributed by atoms with Crippen LogP contribution in [0.4, 0.5) is 13.2 Å². The molecule has 1 N–H and O–H groups in total. The predicted molar refractivity (Wildman–Crippen MR) is 131 cm³/mol. The van der Waals surface area contributed by atoms with E-state index >= 15 is 0 Å². The Morgan fingerprint density at radius 1 is 1.26 bits per heavy atom. The summed E-state index contributed by atoms with van der Waals surface area (Å²) >= 11 is 1.52. The van der Waals surface area contributed by atoms with Gasteiger partial charge in [-0.3, -0.25) is 9.48 Å². The first kappa shape index (κ1) is 26.3. The number of hydrogen-bond acceptors (Lipinski definition) is 8. The number of benzene rings is 1. The van der Waals surface area contributed by atoms with Crippen LogP contribution in [-0.2, 0) is 40.2 Å². The molecule has 2 aromatic heterocycles. The third-order valence-electron chi connectivity index (χ3n) is 6.81. The monoisotopic (exact) mass is 549 g/mol. The summed E-state index contributed by atoms with van der Waals surface area (Å²) in [5.74, 6) is -0.0925. The fourth-order valence-electron chi connectivity index (χ4n) is 4.70. The molecule has 1 atom stereocenters. The van der Waals surface area contributed by atoms with E-state index in [1.54, 1.807) is 4.90 Å². The van der Waals surface area contributed by atoms with Crippen LogP contribution >= 0.6 is 11.3 Å². The van der Waals surface area contributed by atoms with Gasteiger partial charge in [0.25, 0.3) is 0 Å². The molecule has 1 unspecified atom stereocenters. The van der Waals surface area contributed by atoms with Crippen molar-refractivity contribution in [1.82, 2.24) is 19.7 Å². The molecule has 202 valence electrons. The largest absolute Gasteiger partial charge is 0.435 e. The first-order valence-electron chi connectivity index (χ1n) is 12.1. The van der Waals surface area contributed by atoms with Gasteiger partial charge in [0, 0.05) is 35.6 Å². The molecular formula is C25H26F3N5O4S. The summed E-state index contributed by atoms with van der Waals surface area (Å²) in [5.41, 5.74) is 2.60. The van der Waals surface area contributed by atoms with Gasteiger partial charge in [0.2, 0.25) is 12.2 Å². The van der Waals surface area contributed by atoms with Crippen molar-refractivity contribution in [2.45, 2.75) is 57.9 Å². The Balaban J connectivity index is 1.17. The number of carbonyl (C=O) groups is 1. The zero-order valence-corrected chi connectivity index (χ0v) is 21.3. The number of thiazole rings is 1. The zero-order chi connectivity index (χ0) is 26.9. The number of rotatable bonds is 5. The number of amides is 1. The summed E-state index contributed by atoms with van der Waals surface area (Å²) in [5, 5.41) is 18.5. The number of likely N-dealkylation sites (tertiary alicyclic amines) is 1. The lowest BCUT2D eigenvalue weighted by Gasteiger charge is -2.31. The number of aryl methyl sites for hydroxylation is 1. The fourth-order valence-corrected chi connectivity index (χ4v) is 5.69. The Morgan fingerprint density at radius 3 is 2.74 bits per heavy atom. The highest BCUT2D eigenvalue weighted by Crippen LogP contribution is 2.35. The number of fused-ring (bicyclic) bond motifs is 1. The Bertz CT molecular complexity index is 1330. The van der Waals surface area contributed by atoms with Crippen LogP contribution in [0.5, 0.6) is 0 Å². The fraction of sp³-hybridized carbons (Fsp3) is 0.440. The van der Waals surface area contributed by atoms with Gasteiger partial charge >= 0.3 is 6.18 Å². The van der Waals surface area contributed by atoms with E-state index in [0.29, 0.717) is 43.9 Å². The highest BCUT2D eigenvalue weighted by atomic mass is 32.1. The first-order chi connectivity index (χ1) is 18.2. The summed E-state index contributed by atoms with van der Waals surface area (Å²) in [6, 6.07) is 6.60. The molecule has 4 heterocycles. The number of nitrogens with zero attached hydrogens (tertiary/aromatic N) is 5. The van der Waals surface area contributed by atoms with Crippen molar-refractivity contribution >= 4 is 23.5 Å².